The second kappa shape index (κ2) is 5.45. The number of aromatic nitrogens is 3. The summed E-state index contributed by atoms with van der Waals surface area (Å²) in [5.41, 5.74) is 5.34. The van der Waals surface area contributed by atoms with E-state index in [1.807, 2.05) is 13.8 Å². The van der Waals surface area contributed by atoms with Crippen LogP contribution in [0.15, 0.2) is 0 Å². The van der Waals surface area contributed by atoms with Gasteiger partial charge in [0.05, 0.1) is 12.6 Å². The van der Waals surface area contributed by atoms with E-state index in [0.717, 1.165) is 0 Å². The summed E-state index contributed by atoms with van der Waals surface area (Å²) in [4.78, 5) is 17.4. The Morgan fingerprint density at radius 1 is 1.69 bits per heavy atom. The number of methoxy groups -OCH3 is 1. The summed E-state index contributed by atoms with van der Waals surface area (Å²) in [7, 11) is 1.60. The Kier molecular flexibility index (Phi) is 4.24. The second-order valence-electron chi connectivity index (χ2n) is 3.44. The lowest BCUT2D eigenvalue weighted by atomic mass is 10.3. The number of ether oxygens (including phenoxy) is 1. The van der Waals surface area contributed by atoms with Crippen LogP contribution in [0.1, 0.15) is 24.5 Å². The van der Waals surface area contributed by atoms with Crippen molar-refractivity contribution in [2.24, 2.45) is 0 Å². The third-order valence-electron chi connectivity index (χ3n) is 2.25. The van der Waals surface area contributed by atoms with Crippen LogP contribution in [-0.2, 0) is 4.74 Å². The van der Waals surface area contributed by atoms with Gasteiger partial charge in [-0.25, -0.2) is 0 Å². The van der Waals surface area contributed by atoms with Gasteiger partial charge in [-0.3, -0.25) is 9.89 Å². The number of carbonyl (C=O) groups is 1. The van der Waals surface area contributed by atoms with Gasteiger partial charge in [-0.2, -0.15) is 4.98 Å². The molecule has 3 N–H and O–H groups in total. The summed E-state index contributed by atoms with van der Waals surface area (Å²) in [6.45, 7) is 4.85. The van der Waals surface area contributed by atoms with E-state index in [4.69, 9.17) is 10.5 Å². The summed E-state index contributed by atoms with van der Waals surface area (Å²) in [5.74, 6) is -0.00245. The number of aromatic amines is 1. The third-order valence-corrected chi connectivity index (χ3v) is 2.25. The number of rotatable bonds is 5. The molecule has 0 spiro atoms. The van der Waals surface area contributed by atoms with Gasteiger partial charge in [0.1, 0.15) is 0 Å². The number of hydrogen-bond acceptors (Lipinski definition) is 5. The van der Waals surface area contributed by atoms with Crippen molar-refractivity contribution in [1.29, 1.82) is 0 Å². The quantitative estimate of drug-likeness (QED) is 0.731. The molecule has 0 saturated carbocycles. The summed E-state index contributed by atoms with van der Waals surface area (Å²) < 4.78 is 5.01. The number of nitrogens with one attached hydrogen (secondary N) is 1. The first-order valence-corrected chi connectivity index (χ1v) is 5.07. The fourth-order valence-corrected chi connectivity index (χ4v) is 1.49. The molecule has 90 valence electrons. The van der Waals surface area contributed by atoms with Gasteiger partial charge < -0.3 is 15.4 Å². The number of nitrogens with zero attached hydrogens (tertiary/aromatic N) is 3. The van der Waals surface area contributed by atoms with Crippen molar-refractivity contribution in [3.8, 4) is 0 Å². The van der Waals surface area contributed by atoms with Gasteiger partial charge in [0.25, 0.3) is 5.91 Å². The molecular formula is C9H17N5O2. The highest BCUT2D eigenvalue weighted by molar-refractivity contribution is 5.90. The molecule has 0 aliphatic heterocycles. The summed E-state index contributed by atoms with van der Waals surface area (Å²) >= 11 is 0. The Hall–Kier alpha value is -1.63. The molecule has 1 unspecified atom stereocenters. The highest BCUT2D eigenvalue weighted by atomic mass is 16.5. The largest absolute Gasteiger partial charge is 0.383 e. The zero-order valence-electron chi connectivity index (χ0n) is 9.73. The smallest absolute Gasteiger partial charge is 0.291 e. The minimum atomic E-state index is -0.226. The van der Waals surface area contributed by atoms with Gasteiger partial charge in [0.15, 0.2) is 0 Å². The molecule has 7 heteroatoms. The van der Waals surface area contributed by atoms with E-state index >= 15 is 0 Å². The first-order valence-electron chi connectivity index (χ1n) is 5.07. The molecule has 0 aromatic carbocycles. The van der Waals surface area contributed by atoms with Crippen LogP contribution in [0.2, 0.25) is 0 Å². The molecule has 1 rings (SSSR count). The van der Waals surface area contributed by atoms with E-state index in [-0.39, 0.29) is 23.7 Å². The Bertz CT molecular complexity index is 351. The number of amides is 1. The Balaban J connectivity index is 2.77. The molecule has 16 heavy (non-hydrogen) atoms. The molecule has 0 aliphatic rings. The number of hydrogen-bond donors (Lipinski definition) is 2. The van der Waals surface area contributed by atoms with Gasteiger partial charge in [-0.05, 0) is 13.8 Å². The second-order valence-corrected chi connectivity index (χ2v) is 3.44. The Labute approximate surface area is 94.0 Å². The maximum atomic E-state index is 12.0. The maximum Gasteiger partial charge on any atom is 0.291 e. The number of carbonyl (C=O) groups excluding carboxylic acids is 1. The van der Waals surface area contributed by atoms with Gasteiger partial charge in [-0.15, -0.1) is 5.10 Å². The van der Waals surface area contributed by atoms with Gasteiger partial charge in [0.2, 0.25) is 11.8 Å². The van der Waals surface area contributed by atoms with Gasteiger partial charge in [0, 0.05) is 13.7 Å². The number of anilines is 1. The SMILES string of the molecule is CCN(C(=O)c1nc(N)n[nH]1)C(C)COC. The highest BCUT2D eigenvalue weighted by Gasteiger charge is 2.22. The first-order chi connectivity index (χ1) is 7.60. The Morgan fingerprint density at radius 3 is 2.81 bits per heavy atom. The fourth-order valence-electron chi connectivity index (χ4n) is 1.49. The van der Waals surface area contributed by atoms with Crippen molar-refractivity contribution in [3.63, 3.8) is 0 Å². The summed E-state index contributed by atoms with van der Waals surface area (Å²) in [6.07, 6.45) is 0. The average molecular weight is 227 g/mol. The van der Waals surface area contributed by atoms with Crippen LogP contribution >= 0.6 is 0 Å². The third kappa shape index (κ3) is 2.69. The number of H-pyrrole nitrogens is 1. The molecule has 0 saturated heterocycles. The van der Waals surface area contributed by atoms with Crippen LogP contribution in [0.4, 0.5) is 5.95 Å². The van der Waals surface area contributed by atoms with Gasteiger partial charge in [-0.1, -0.05) is 0 Å². The van der Waals surface area contributed by atoms with Crippen LogP contribution < -0.4 is 5.73 Å². The average Bonchev–Trinajstić information content (AvgIpc) is 2.66. The lowest BCUT2D eigenvalue weighted by molar-refractivity contribution is 0.0568. The van der Waals surface area contributed by atoms with Crippen molar-refractivity contribution in [2.45, 2.75) is 19.9 Å². The molecule has 7 nitrogen and oxygen atoms in total. The fraction of sp³-hybridized carbons (Fsp3) is 0.667. The Morgan fingerprint density at radius 2 is 2.38 bits per heavy atom. The van der Waals surface area contributed by atoms with Crippen LogP contribution in [0.25, 0.3) is 0 Å². The zero-order valence-corrected chi connectivity index (χ0v) is 9.73. The van der Waals surface area contributed by atoms with E-state index in [1.54, 1.807) is 12.0 Å². The molecule has 0 bridgehead atoms. The van der Waals surface area contributed by atoms with Crippen LogP contribution in [0, 0.1) is 0 Å². The lowest BCUT2D eigenvalue weighted by Gasteiger charge is -2.26. The summed E-state index contributed by atoms with van der Waals surface area (Å²) in [6, 6.07) is -0.0196. The lowest BCUT2D eigenvalue weighted by Crippen LogP contribution is -2.41. The molecule has 0 aliphatic carbocycles. The van der Waals surface area contributed by atoms with Crippen LogP contribution in [0.3, 0.4) is 0 Å². The molecular weight excluding hydrogens is 210 g/mol. The number of nitrogens with two attached hydrogens (primary N) is 1. The van der Waals surface area contributed by atoms with Crippen LogP contribution in [-0.4, -0.2) is 52.3 Å². The van der Waals surface area contributed by atoms with E-state index in [0.29, 0.717) is 13.2 Å². The zero-order chi connectivity index (χ0) is 12.1. The minimum absolute atomic E-state index is 0.0196. The molecule has 1 atom stereocenters. The summed E-state index contributed by atoms with van der Waals surface area (Å²) in [5, 5.41) is 6.12. The van der Waals surface area contributed by atoms with Crippen molar-refractivity contribution in [1.82, 2.24) is 20.1 Å². The molecule has 0 fully saturated rings. The molecule has 1 amide bonds. The van der Waals surface area contributed by atoms with E-state index in [2.05, 4.69) is 15.2 Å². The molecule has 1 heterocycles. The maximum absolute atomic E-state index is 12.0. The predicted octanol–water partition coefficient (Wildman–Crippen LogP) is -0.116. The van der Waals surface area contributed by atoms with Gasteiger partial charge >= 0.3 is 0 Å². The normalized spacial score (nSPS) is 12.4. The van der Waals surface area contributed by atoms with Crippen molar-refractivity contribution in [2.75, 3.05) is 26.0 Å². The topological polar surface area (TPSA) is 97.1 Å². The van der Waals surface area contributed by atoms with E-state index in [1.165, 1.54) is 0 Å². The molecule has 1 aromatic rings. The number of nitrogen functional groups attached to an aromatic ring is 1. The van der Waals surface area contributed by atoms with Crippen molar-refractivity contribution < 1.29 is 9.53 Å². The molecule has 0 radical (unpaired) electrons. The van der Waals surface area contributed by atoms with Crippen LogP contribution in [0.5, 0.6) is 0 Å². The first kappa shape index (κ1) is 12.4. The monoisotopic (exact) mass is 227 g/mol. The van der Waals surface area contributed by atoms with Crippen molar-refractivity contribution >= 4 is 11.9 Å². The number of likely N-dealkylation sites (N-methyl/N-ethyl adjacent to an activating group) is 1. The van der Waals surface area contributed by atoms with E-state index in [9.17, 15) is 4.79 Å². The van der Waals surface area contributed by atoms with E-state index < -0.39 is 0 Å². The molecule has 1 aromatic heterocycles. The minimum Gasteiger partial charge on any atom is -0.383 e. The highest BCUT2D eigenvalue weighted by Crippen LogP contribution is 2.05. The predicted molar refractivity (Wildman–Crippen MR) is 58.8 cm³/mol. The van der Waals surface area contributed by atoms with Crippen molar-refractivity contribution in [3.05, 3.63) is 5.82 Å². The standard InChI is InChI=1S/C9H17N5O2/c1-4-14(6(2)5-16-3)8(15)7-11-9(10)13-12-7/h6H,4-5H2,1-3H3,(H3,10,11,12,13).